The number of aromatic hydroxyl groups is 1. The van der Waals surface area contributed by atoms with Crippen LogP contribution in [0.2, 0.25) is 0 Å². The van der Waals surface area contributed by atoms with E-state index in [1.54, 1.807) is 0 Å². The van der Waals surface area contributed by atoms with Crippen molar-refractivity contribution < 1.29 is 42.1 Å². The van der Waals surface area contributed by atoms with E-state index in [4.69, 9.17) is 0 Å². The minimum atomic E-state index is -4.89. The highest BCUT2D eigenvalue weighted by atomic mass is 19.4. The number of rotatable bonds is 4. The van der Waals surface area contributed by atoms with E-state index in [1.807, 2.05) is 0 Å². The van der Waals surface area contributed by atoms with Crippen LogP contribution in [0.15, 0.2) is 36.4 Å². The smallest absolute Gasteiger partial charge is 0.505 e. The van der Waals surface area contributed by atoms with Crippen LogP contribution < -0.4 is 4.74 Å². The van der Waals surface area contributed by atoms with Crippen molar-refractivity contribution in [3.63, 3.8) is 0 Å². The van der Waals surface area contributed by atoms with Crippen molar-refractivity contribution in [2.75, 3.05) is 0 Å². The molecule has 0 bridgehead atoms. The Hall–Kier alpha value is -3.56. The number of halogens is 4. The number of aromatic nitrogens is 1. The maximum atomic E-state index is 14.1. The number of nitrogens with zero attached hydrogens (tertiary/aromatic N) is 1. The number of carbonyl (C=O) groups excluding carboxylic acids is 1. The van der Waals surface area contributed by atoms with Crippen molar-refractivity contribution in [1.82, 2.24) is 4.57 Å². The first kappa shape index (κ1) is 22.1. The molecular weight excluding hydrogens is 422 g/mol. The Morgan fingerprint density at radius 1 is 1.06 bits per heavy atom. The van der Waals surface area contributed by atoms with Gasteiger partial charge in [0.05, 0.1) is 10.9 Å². The van der Waals surface area contributed by atoms with Crippen molar-refractivity contribution in [3.8, 4) is 11.5 Å². The molecule has 0 aliphatic carbocycles. The number of hydrogen-bond donors (Lipinski definition) is 2. The van der Waals surface area contributed by atoms with Crippen LogP contribution in [0.3, 0.4) is 0 Å². The molecule has 10 heteroatoms. The summed E-state index contributed by atoms with van der Waals surface area (Å²) >= 11 is 0. The Balaban J connectivity index is 2.20. The van der Waals surface area contributed by atoms with Crippen LogP contribution >= 0.6 is 0 Å². The summed E-state index contributed by atoms with van der Waals surface area (Å²) in [6.45, 7) is 4.26. The molecule has 0 aliphatic heterocycles. The van der Waals surface area contributed by atoms with Gasteiger partial charge >= 0.3 is 12.3 Å². The van der Waals surface area contributed by atoms with Gasteiger partial charge in [-0.15, -0.1) is 13.2 Å². The standard InChI is InChI=1S/C21H17F4NO5/c1-10-17(20(2,3)19(29)30)13-8-16(27)14(22)9-15(13)26(10)18(28)11-4-6-12(7-5-11)31-21(23,24)25/h4-9,27H,1-3H3,(H,29,30). The number of alkyl halides is 3. The van der Waals surface area contributed by atoms with Gasteiger partial charge in [0.2, 0.25) is 0 Å². The van der Waals surface area contributed by atoms with Gasteiger partial charge in [-0.2, -0.15) is 0 Å². The van der Waals surface area contributed by atoms with Crippen molar-refractivity contribution in [1.29, 1.82) is 0 Å². The molecule has 0 aliphatic rings. The first-order valence-electron chi connectivity index (χ1n) is 8.92. The number of fused-ring (bicyclic) bond motifs is 1. The fourth-order valence-corrected chi connectivity index (χ4v) is 3.51. The molecule has 1 aromatic heterocycles. The number of phenolic OH excluding ortho intramolecular Hbond substituents is 1. The number of carbonyl (C=O) groups is 2. The SMILES string of the molecule is Cc1c(C(C)(C)C(=O)O)c2cc(O)c(F)cc2n1C(=O)c1ccc(OC(F)(F)F)cc1. The lowest BCUT2D eigenvalue weighted by atomic mass is 9.83. The molecule has 2 aromatic carbocycles. The predicted octanol–water partition coefficient (Wildman–Crippen LogP) is 4.74. The van der Waals surface area contributed by atoms with Crippen LogP contribution in [-0.2, 0) is 10.2 Å². The van der Waals surface area contributed by atoms with Crippen molar-refractivity contribution in [2.24, 2.45) is 0 Å². The lowest BCUT2D eigenvalue weighted by Gasteiger charge is -2.20. The van der Waals surface area contributed by atoms with Gasteiger partial charge in [0, 0.05) is 22.7 Å². The maximum absolute atomic E-state index is 14.1. The van der Waals surface area contributed by atoms with E-state index in [1.165, 1.54) is 20.8 Å². The second-order valence-corrected chi connectivity index (χ2v) is 7.42. The summed E-state index contributed by atoms with van der Waals surface area (Å²) in [5.41, 5.74) is -1.15. The molecule has 2 N–H and O–H groups in total. The van der Waals surface area contributed by atoms with E-state index in [0.29, 0.717) is 0 Å². The quantitative estimate of drug-likeness (QED) is 0.573. The second kappa shape index (κ2) is 7.29. The summed E-state index contributed by atoms with van der Waals surface area (Å²) in [5.74, 6) is -4.19. The van der Waals surface area contributed by atoms with Crippen LogP contribution in [0, 0.1) is 12.7 Å². The molecule has 0 atom stereocenters. The highest BCUT2D eigenvalue weighted by molar-refractivity contribution is 6.05. The monoisotopic (exact) mass is 439 g/mol. The van der Waals surface area contributed by atoms with Crippen LogP contribution in [0.1, 0.15) is 35.5 Å². The summed E-state index contributed by atoms with van der Waals surface area (Å²) in [6, 6.07) is 6.06. The Kier molecular flexibility index (Phi) is 5.21. The molecule has 0 radical (unpaired) electrons. The van der Waals surface area contributed by atoms with Crippen molar-refractivity contribution in [3.05, 3.63) is 59.0 Å². The molecule has 0 saturated carbocycles. The summed E-state index contributed by atoms with van der Waals surface area (Å²) in [5, 5.41) is 19.6. The Bertz CT molecular complexity index is 1190. The first-order chi connectivity index (χ1) is 14.2. The van der Waals surface area contributed by atoms with Crippen LogP contribution in [-0.4, -0.2) is 33.0 Å². The zero-order valence-electron chi connectivity index (χ0n) is 16.5. The van der Waals surface area contributed by atoms with Gasteiger partial charge in [-0.05, 0) is 56.7 Å². The largest absolute Gasteiger partial charge is 0.573 e. The average molecular weight is 439 g/mol. The van der Waals surface area contributed by atoms with Crippen LogP contribution in [0.25, 0.3) is 10.9 Å². The van der Waals surface area contributed by atoms with Crippen LogP contribution in [0.4, 0.5) is 17.6 Å². The summed E-state index contributed by atoms with van der Waals surface area (Å²) < 4.78 is 56.0. The molecule has 3 rings (SSSR count). The van der Waals surface area contributed by atoms with Gasteiger partial charge in [0.25, 0.3) is 5.91 Å². The molecule has 0 unspecified atom stereocenters. The molecule has 0 fully saturated rings. The molecule has 164 valence electrons. The van der Waals surface area contributed by atoms with E-state index in [9.17, 15) is 37.4 Å². The second-order valence-electron chi connectivity index (χ2n) is 7.42. The van der Waals surface area contributed by atoms with Gasteiger partial charge in [0.1, 0.15) is 5.75 Å². The average Bonchev–Trinajstić information content (AvgIpc) is 2.92. The topological polar surface area (TPSA) is 88.8 Å². The Morgan fingerprint density at radius 2 is 1.65 bits per heavy atom. The van der Waals surface area contributed by atoms with E-state index >= 15 is 0 Å². The van der Waals surface area contributed by atoms with Gasteiger partial charge in [-0.3, -0.25) is 14.2 Å². The van der Waals surface area contributed by atoms with Crippen LogP contribution in [0.5, 0.6) is 11.5 Å². The number of benzene rings is 2. The maximum Gasteiger partial charge on any atom is 0.573 e. The van der Waals surface area contributed by atoms with E-state index in [2.05, 4.69) is 4.74 Å². The highest BCUT2D eigenvalue weighted by Crippen LogP contribution is 2.38. The first-order valence-corrected chi connectivity index (χ1v) is 8.92. The van der Waals surface area contributed by atoms with E-state index in [-0.39, 0.29) is 27.7 Å². The van der Waals surface area contributed by atoms with Crippen molar-refractivity contribution >= 4 is 22.8 Å². The zero-order valence-corrected chi connectivity index (χ0v) is 16.5. The fourth-order valence-electron chi connectivity index (χ4n) is 3.51. The molecule has 1 heterocycles. The minimum absolute atomic E-state index is 0.0118. The number of aliphatic carboxylic acids is 1. The summed E-state index contributed by atoms with van der Waals surface area (Å²) in [7, 11) is 0. The number of carboxylic acid groups (broad SMARTS) is 1. The number of carboxylic acids is 1. The Morgan fingerprint density at radius 3 is 2.16 bits per heavy atom. The molecule has 6 nitrogen and oxygen atoms in total. The van der Waals surface area contributed by atoms with Crippen molar-refractivity contribution in [2.45, 2.75) is 32.5 Å². The van der Waals surface area contributed by atoms with E-state index in [0.717, 1.165) is 41.0 Å². The molecular formula is C21H17F4NO5. The fraction of sp³-hybridized carbons (Fsp3) is 0.238. The molecule has 0 saturated heterocycles. The number of ether oxygens (including phenoxy) is 1. The third-order valence-electron chi connectivity index (χ3n) is 4.97. The summed E-state index contributed by atoms with van der Waals surface area (Å²) in [6.07, 6.45) is -4.89. The normalized spacial score (nSPS) is 12.2. The number of hydrogen-bond acceptors (Lipinski definition) is 4. The van der Waals surface area contributed by atoms with Gasteiger partial charge < -0.3 is 14.9 Å². The minimum Gasteiger partial charge on any atom is -0.505 e. The third-order valence-corrected chi connectivity index (χ3v) is 4.97. The van der Waals surface area contributed by atoms with E-state index < -0.39 is 41.0 Å². The van der Waals surface area contributed by atoms with Gasteiger partial charge in [0.15, 0.2) is 11.6 Å². The number of phenols is 1. The molecule has 0 spiro atoms. The summed E-state index contributed by atoms with van der Waals surface area (Å²) in [4.78, 5) is 25.0. The predicted molar refractivity (Wildman–Crippen MR) is 102 cm³/mol. The zero-order chi connectivity index (χ0) is 23.3. The molecule has 3 aromatic rings. The lowest BCUT2D eigenvalue weighted by molar-refractivity contribution is -0.274. The molecule has 0 amide bonds. The van der Waals surface area contributed by atoms with Gasteiger partial charge in [-0.1, -0.05) is 0 Å². The van der Waals surface area contributed by atoms with Gasteiger partial charge in [-0.25, -0.2) is 4.39 Å². The Labute approximate surface area is 173 Å². The molecule has 31 heavy (non-hydrogen) atoms. The lowest BCUT2D eigenvalue weighted by Crippen LogP contribution is -2.29. The highest BCUT2D eigenvalue weighted by Gasteiger charge is 2.37. The third kappa shape index (κ3) is 3.92.